The Morgan fingerprint density at radius 3 is 2.59 bits per heavy atom. The molecule has 1 N–H and O–H groups in total. The van der Waals surface area contributed by atoms with Crippen molar-refractivity contribution in [2.45, 2.75) is 6.92 Å². The van der Waals surface area contributed by atoms with Crippen LogP contribution in [0.15, 0.2) is 36.4 Å². The van der Waals surface area contributed by atoms with E-state index >= 15 is 0 Å². The van der Waals surface area contributed by atoms with Gasteiger partial charge in [-0.15, -0.1) is 0 Å². The molecule has 0 atom stereocenters. The fourth-order valence-electron chi connectivity index (χ4n) is 1.91. The summed E-state index contributed by atoms with van der Waals surface area (Å²) < 4.78 is 4.91. The molecule has 0 unspecified atom stereocenters. The molecule has 7 heteroatoms. The highest BCUT2D eigenvalue weighted by atomic mass is 35.5. The first kappa shape index (κ1) is 15.8. The number of carbonyl (C=O) groups is 1. The standard InChI is InChI=1S/C15H13ClN2O4/c1-9-3-5-11(12(16)7-9)15(19)17-10-4-6-14(22-2)13(8-10)18(20)21/h3-8H,1-2H3,(H,17,19). The van der Waals surface area contributed by atoms with Crippen molar-refractivity contribution in [3.05, 3.63) is 62.7 Å². The topological polar surface area (TPSA) is 81.5 Å². The Hall–Kier alpha value is -2.60. The molecule has 0 saturated carbocycles. The monoisotopic (exact) mass is 320 g/mol. The van der Waals surface area contributed by atoms with Crippen molar-refractivity contribution < 1.29 is 14.5 Å². The average molecular weight is 321 g/mol. The highest BCUT2D eigenvalue weighted by Gasteiger charge is 2.17. The molecule has 0 aliphatic rings. The van der Waals surface area contributed by atoms with Gasteiger partial charge in [0.25, 0.3) is 5.91 Å². The lowest BCUT2D eigenvalue weighted by Gasteiger charge is -2.08. The molecular weight excluding hydrogens is 308 g/mol. The summed E-state index contributed by atoms with van der Waals surface area (Å²) in [6.07, 6.45) is 0. The molecule has 0 saturated heterocycles. The minimum Gasteiger partial charge on any atom is -0.490 e. The summed E-state index contributed by atoms with van der Waals surface area (Å²) in [4.78, 5) is 22.6. The van der Waals surface area contributed by atoms with Gasteiger partial charge in [-0.1, -0.05) is 17.7 Å². The molecule has 0 bridgehead atoms. The van der Waals surface area contributed by atoms with Gasteiger partial charge < -0.3 is 10.1 Å². The third-order valence-corrected chi connectivity index (χ3v) is 3.32. The Morgan fingerprint density at radius 1 is 1.27 bits per heavy atom. The number of nitro groups is 1. The maximum Gasteiger partial charge on any atom is 0.312 e. The smallest absolute Gasteiger partial charge is 0.312 e. The number of nitrogens with zero attached hydrogens (tertiary/aromatic N) is 1. The van der Waals surface area contributed by atoms with Crippen molar-refractivity contribution in [3.8, 4) is 5.75 Å². The molecule has 0 aliphatic heterocycles. The predicted octanol–water partition coefficient (Wildman–Crippen LogP) is 3.82. The Balaban J connectivity index is 2.28. The molecule has 22 heavy (non-hydrogen) atoms. The maximum atomic E-state index is 12.2. The molecule has 0 aromatic heterocycles. The number of halogens is 1. The van der Waals surface area contributed by atoms with E-state index in [4.69, 9.17) is 16.3 Å². The Bertz CT molecular complexity index is 746. The minimum absolute atomic E-state index is 0.122. The van der Waals surface area contributed by atoms with Gasteiger partial charge in [-0.3, -0.25) is 14.9 Å². The normalized spacial score (nSPS) is 10.1. The lowest BCUT2D eigenvalue weighted by molar-refractivity contribution is -0.385. The SMILES string of the molecule is COc1ccc(NC(=O)c2ccc(C)cc2Cl)cc1[N+](=O)[O-]. The van der Waals surface area contributed by atoms with Crippen LogP contribution >= 0.6 is 11.6 Å². The molecule has 1 amide bonds. The number of rotatable bonds is 4. The van der Waals surface area contributed by atoms with Crippen LogP contribution in [-0.4, -0.2) is 17.9 Å². The van der Waals surface area contributed by atoms with E-state index in [-0.39, 0.29) is 17.1 Å². The van der Waals surface area contributed by atoms with E-state index in [2.05, 4.69) is 5.32 Å². The van der Waals surface area contributed by atoms with Crippen molar-refractivity contribution in [2.24, 2.45) is 0 Å². The minimum atomic E-state index is -0.576. The zero-order chi connectivity index (χ0) is 16.3. The van der Waals surface area contributed by atoms with E-state index in [1.807, 2.05) is 6.92 Å². The summed E-state index contributed by atoms with van der Waals surface area (Å²) in [7, 11) is 1.34. The van der Waals surface area contributed by atoms with Crippen LogP contribution < -0.4 is 10.1 Å². The molecule has 2 aromatic carbocycles. The number of amides is 1. The fourth-order valence-corrected chi connectivity index (χ4v) is 2.23. The van der Waals surface area contributed by atoms with Gasteiger partial charge in [-0.2, -0.15) is 0 Å². The quantitative estimate of drug-likeness (QED) is 0.686. The number of hydrogen-bond acceptors (Lipinski definition) is 4. The lowest BCUT2D eigenvalue weighted by Crippen LogP contribution is -2.12. The van der Waals surface area contributed by atoms with Crippen LogP contribution in [0.2, 0.25) is 5.02 Å². The summed E-state index contributed by atoms with van der Waals surface area (Å²) in [6, 6.07) is 9.21. The van der Waals surface area contributed by atoms with Crippen LogP contribution in [0.25, 0.3) is 0 Å². The van der Waals surface area contributed by atoms with Gasteiger partial charge in [0, 0.05) is 11.8 Å². The van der Waals surface area contributed by atoms with Gasteiger partial charge >= 0.3 is 5.69 Å². The number of hydrogen-bond donors (Lipinski definition) is 1. The van der Waals surface area contributed by atoms with E-state index in [1.54, 1.807) is 18.2 Å². The second-order valence-corrected chi connectivity index (χ2v) is 4.99. The van der Waals surface area contributed by atoms with E-state index in [0.29, 0.717) is 10.6 Å². The molecule has 0 fully saturated rings. The average Bonchev–Trinajstić information content (AvgIpc) is 2.46. The number of carbonyl (C=O) groups excluding carboxylic acids is 1. The van der Waals surface area contributed by atoms with Crippen molar-refractivity contribution in [1.29, 1.82) is 0 Å². The second kappa shape index (κ2) is 6.44. The number of methoxy groups -OCH3 is 1. The molecule has 2 aromatic rings. The third-order valence-electron chi connectivity index (χ3n) is 3.00. The number of nitrogens with one attached hydrogen (secondary N) is 1. The fraction of sp³-hybridized carbons (Fsp3) is 0.133. The Kier molecular flexibility index (Phi) is 4.62. The summed E-state index contributed by atoms with van der Waals surface area (Å²) in [5, 5.41) is 13.9. The number of aryl methyl sites for hydroxylation is 1. The molecule has 0 radical (unpaired) electrons. The van der Waals surface area contributed by atoms with Crippen LogP contribution in [0.3, 0.4) is 0 Å². The number of nitro benzene ring substituents is 1. The van der Waals surface area contributed by atoms with E-state index in [1.165, 1.54) is 25.3 Å². The van der Waals surface area contributed by atoms with Crippen molar-refractivity contribution in [3.63, 3.8) is 0 Å². The highest BCUT2D eigenvalue weighted by Crippen LogP contribution is 2.30. The molecule has 0 heterocycles. The first-order valence-corrected chi connectivity index (χ1v) is 6.70. The van der Waals surface area contributed by atoms with Crippen LogP contribution in [0.5, 0.6) is 5.75 Å². The zero-order valence-corrected chi connectivity index (χ0v) is 12.7. The van der Waals surface area contributed by atoms with Crippen LogP contribution in [0.4, 0.5) is 11.4 Å². The van der Waals surface area contributed by atoms with Crippen LogP contribution in [-0.2, 0) is 0 Å². The first-order valence-electron chi connectivity index (χ1n) is 6.32. The number of ether oxygens (including phenoxy) is 1. The first-order chi connectivity index (χ1) is 10.4. The van der Waals surface area contributed by atoms with Crippen LogP contribution in [0.1, 0.15) is 15.9 Å². The summed E-state index contributed by atoms with van der Waals surface area (Å²) in [6.45, 7) is 1.86. The largest absolute Gasteiger partial charge is 0.490 e. The van der Waals surface area contributed by atoms with Gasteiger partial charge in [0.1, 0.15) is 0 Å². The Labute approximate surface area is 131 Å². The molecular formula is C15H13ClN2O4. The molecule has 0 spiro atoms. The van der Waals surface area contributed by atoms with Gasteiger partial charge in [-0.05, 0) is 36.8 Å². The summed E-state index contributed by atoms with van der Waals surface area (Å²) >= 11 is 6.03. The summed E-state index contributed by atoms with van der Waals surface area (Å²) in [5.41, 5.74) is 1.29. The molecule has 0 aliphatic carbocycles. The van der Waals surface area contributed by atoms with Gasteiger partial charge in [-0.25, -0.2) is 0 Å². The lowest BCUT2D eigenvalue weighted by atomic mass is 10.1. The zero-order valence-electron chi connectivity index (χ0n) is 11.9. The predicted molar refractivity (Wildman–Crippen MR) is 83.8 cm³/mol. The van der Waals surface area contributed by atoms with Crippen LogP contribution in [0, 0.1) is 17.0 Å². The van der Waals surface area contributed by atoms with Crippen molar-refractivity contribution in [2.75, 3.05) is 12.4 Å². The van der Waals surface area contributed by atoms with Crippen molar-refractivity contribution in [1.82, 2.24) is 0 Å². The van der Waals surface area contributed by atoms with Crippen molar-refractivity contribution >= 4 is 28.9 Å². The molecule has 2 rings (SSSR count). The summed E-state index contributed by atoms with van der Waals surface area (Å²) in [5.74, 6) is -0.319. The molecule has 114 valence electrons. The second-order valence-electron chi connectivity index (χ2n) is 4.58. The third kappa shape index (κ3) is 3.35. The van der Waals surface area contributed by atoms with E-state index in [0.717, 1.165) is 5.56 Å². The number of benzene rings is 2. The molecule has 6 nitrogen and oxygen atoms in total. The highest BCUT2D eigenvalue weighted by molar-refractivity contribution is 6.34. The van der Waals surface area contributed by atoms with E-state index < -0.39 is 10.8 Å². The maximum absolute atomic E-state index is 12.2. The Morgan fingerprint density at radius 2 is 2.00 bits per heavy atom. The van der Waals surface area contributed by atoms with E-state index in [9.17, 15) is 14.9 Å². The van der Waals surface area contributed by atoms with Gasteiger partial charge in [0.05, 0.1) is 22.6 Å². The number of anilines is 1. The van der Waals surface area contributed by atoms with Gasteiger partial charge in [0.2, 0.25) is 0 Å². The van der Waals surface area contributed by atoms with Gasteiger partial charge in [0.15, 0.2) is 5.75 Å².